The van der Waals surface area contributed by atoms with Crippen molar-refractivity contribution in [3.8, 4) is 11.1 Å². The third-order valence-electron chi connectivity index (χ3n) is 5.91. The second-order valence-corrected chi connectivity index (χ2v) is 9.18. The van der Waals surface area contributed by atoms with Crippen molar-refractivity contribution in [1.29, 1.82) is 0 Å². The first-order valence-electron chi connectivity index (χ1n) is 11.6. The van der Waals surface area contributed by atoms with Gasteiger partial charge in [-0.05, 0) is 59.0 Å². The number of hydrogen-bond acceptors (Lipinski definition) is 6. The lowest BCUT2D eigenvalue weighted by molar-refractivity contribution is -0.385. The number of unbranched alkanes of at least 4 members (excludes halogenated alkanes) is 1. The Bertz CT molecular complexity index is 1290. The summed E-state index contributed by atoms with van der Waals surface area (Å²) in [6, 6.07) is 14.5. The van der Waals surface area contributed by atoms with Crippen LogP contribution in [0.15, 0.2) is 53.0 Å². The van der Waals surface area contributed by atoms with Crippen LogP contribution in [0.1, 0.15) is 53.4 Å². The normalized spacial score (nSPS) is 10.7. The molecule has 0 N–H and O–H groups in total. The first-order valence-corrected chi connectivity index (χ1v) is 12.4. The minimum absolute atomic E-state index is 0.0411. The summed E-state index contributed by atoms with van der Waals surface area (Å²) in [5.41, 5.74) is 3.55. The predicted molar refractivity (Wildman–Crippen MR) is 142 cm³/mol. The van der Waals surface area contributed by atoms with Crippen LogP contribution < -0.4 is 4.90 Å². The topological polar surface area (TPSA) is 103 Å². The number of rotatable bonds is 9. The number of aryl methyl sites for hydroxylation is 1. The van der Waals surface area contributed by atoms with Crippen LogP contribution >= 0.6 is 15.9 Å². The monoisotopic (exact) mass is 553 g/mol. The van der Waals surface area contributed by atoms with E-state index >= 15 is 0 Å². The van der Waals surface area contributed by atoms with Gasteiger partial charge in [0.2, 0.25) is 11.7 Å². The Morgan fingerprint density at radius 1 is 1.11 bits per heavy atom. The van der Waals surface area contributed by atoms with E-state index in [0.717, 1.165) is 23.1 Å². The van der Waals surface area contributed by atoms with Gasteiger partial charge in [-0.2, -0.15) is 0 Å². The number of pyridine rings is 1. The number of esters is 1. The second-order valence-electron chi connectivity index (χ2n) is 8.38. The zero-order valence-electron chi connectivity index (χ0n) is 20.7. The molecular weight excluding hydrogens is 526 g/mol. The van der Waals surface area contributed by atoms with Gasteiger partial charge in [0, 0.05) is 16.5 Å². The van der Waals surface area contributed by atoms with E-state index in [1.165, 1.54) is 12.0 Å². The van der Waals surface area contributed by atoms with E-state index in [0.29, 0.717) is 27.7 Å². The molecule has 1 aromatic heterocycles. The Hall–Kier alpha value is -3.59. The number of carbonyl (C=O) groups is 2. The lowest BCUT2D eigenvalue weighted by atomic mass is 9.98. The highest BCUT2D eigenvalue weighted by Gasteiger charge is 2.30. The fourth-order valence-corrected chi connectivity index (χ4v) is 4.23. The molecule has 2 aromatic carbocycles. The van der Waals surface area contributed by atoms with E-state index in [1.54, 1.807) is 26.0 Å². The number of aromatic nitrogens is 1. The number of nitro groups is 1. The van der Waals surface area contributed by atoms with Crippen LogP contribution in [-0.4, -0.2) is 28.9 Å². The molecule has 36 heavy (non-hydrogen) atoms. The SMILES string of the molecule is CCCCC(=O)N(Cc1ccc(-c2ccccc2C(=O)OC)cc1)c1nc(C)c(Br)c(C)c1[N+](=O)[O-]. The molecule has 3 rings (SSSR count). The number of anilines is 1. The van der Waals surface area contributed by atoms with Crippen molar-refractivity contribution in [2.75, 3.05) is 12.0 Å². The highest BCUT2D eigenvalue weighted by molar-refractivity contribution is 9.10. The number of carbonyl (C=O) groups excluding carboxylic acids is 2. The van der Waals surface area contributed by atoms with Gasteiger partial charge in [-0.1, -0.05) is 55.8 Å². The first kappa shape index (κ1) is 27.0. The van der Waals surface area contributed by atoms with Crippen LogP contribution in [-0.2, 0) is 16.1 Å². The van der Waals surface area contributed by atoms with Crippen molar-refractivity contribution in [3.05, 3.63) is 85.5 Å². The summed E-state index contributed by atoms with van der Waals surface area (Å²) in [6.45, 7) is 5.49. The molecule has 0 aliphatic heterocycles. The minimum Gasteiger partial charge on any atom is -0.465 e. The molecule has 0 fully saturated rings. The molecule has 1 amide bonds. The maximum absolute atomic E-state index is 13.2. The number of ether oxygens (including phenoxy) is 1. The maximum atomic E-state index is 13.2. The summed E-state index contributed by atoms with van der Waals surface area (Å²) in [4.78, 5) is 42.7. The van der Waals surface area contributed by atoms with Crippen molar-refractivity contribution in [3.63, 3.8) is 0 Å². The maximum Gasteiger partial charge on any atom is 0.338 e. The van der Waals surface area contributed by atoms with E-state index in [9.17, 15) is 19.7 Å². The second kappa shape index (κ2) is 11.9. The lowest BCUT2D eigenvalue weighted by Crippen LogP contribution is -2.32. The molecule has 0 saturated heterocycles. The van der Waals surface area contributed by atoms with Crippen LogP contribution in [0.25, 0.3) is 11.1 Å². The van der Waals surface area contributed by atoms with Gasteiger partial charge < -0.3 is 4.74 Å². The van der Waals surface area contributed by atoms with Crippen LogP contribution in [0.2, 0.25) is 0 Å². The van der Waals surface area contributed by atoms with E-state index in [1.807, 2.05) is 43.3 Å². The van der Waals surface area contributed by atoms with Crippen molar-refractivity contribution in [2.24, 2.45) is 0 Å². The molecule has 188 valence electrons. The van der Waals surface area contributed by atoms with Gasteiger partial charge in [-0.25, -0.2) is 9.78 Å². The molecule has 0 atom stereocenters. The molecule has 3 aromatic rings. The third kappa shape index (κ3) is 5.79. The molecule has 0 aliphatic rings. The largest absolute Gasteiger partial charge is 0.465 e. The van der Waals surface area contributed by atoms with E-state index in [-0.39, 0.29) is 30.4 Å². The van der Waals surface area contributed by atoms with E-state index in [2.05, 4.69) is 20.9 Å². The molecule has 0 bridgehead atoms. The average Bonchev–Trinajstić information content (AvgIpc) is 2.88. The summed E-state index contributed by atoms with van der Waals surface area (Å²) in [5.74, 6) is -0.616. The van der Waals surface area contributed by atoms with Gasteiger partial charge in [0.25, 0.3) is 0 Å². The summed E-state index contributed by atoms with van der Waals surface area (Å²) in [6.07, 6.45) is 1.75. The van der Waals surface area contributed by atoms with Crippen LogP contribution in [0.5, 0.6) is 0 Å². The number of nitrogens with zero attached hydrogens (tertiary/aromatic N) is 3. The Labute approximate surface area is 218 Å². The highest BCUT2D eigenvalue weighted by Crippen LogP contribution is 2.37. The number of methoxy groups -OCH3 is 1. The predicted octanol–water partition coefficient (Wildman–Crippen LogP) is 6.55. The van der Waals surface area contributed by atoms with Gasteiger partial charge in [-0.3, -0.25) is 19.8 Å². The molecule has 0 radical (unpaired) electrons. The average molecular weight is 554 g/mol. The lowest BCUT2D eigenvalue weighted by Gasteiger charge is -2.23. The number of halogens is 1. The van der Waals surface area contributed by atoms with Crippen molar-refractivity contribution in [2.45, 2.75) is 46.6 Å². The van der Waals surface area contributed by atoms with Crippen molar-refractivity contribution in [1.82, 2.24) is 4.98 Å². The summed E-state index contributed by atoms with van der Waals surface area (Å²) < 4.78 is 5.44. The fourth-order valence-electron chi connectivity index (χ4n) is 3.95. The zero-order chi connectivity index (χ0) is 26.4. The van der Waals surface area contributed by atoms with Crippen molar-refractivity contribution < 1.29 is 19.2 Å². The van der Waals surface area contributed by atoms with E-state index in [4.69, 9.17) is 4.74 Å². The van der Waals surface area contributed by atoms with Gasteiger partial charge >= 0.3 is 11.7 Å². The van der Waals surface area contributed by atoms with Crippen LogP contribution in [0.3, 0.4) is 0 Å². The Morgan fingerprint density at radius 2 is 1.78 bits per heavy atom. The van der Waals surface area contributed by atoms with Gasteiger partial charge in [0.1, 0.15) is 0 Å². The number of amides is 1. The minimum atomic E-state index is -0.491. The summed E-state index contributed by atoms with van der Waals surface area (Å²) in [7, 11) is 1.34. The fraction of sp³-hybridized carbons (Fsp3) is 0.296. The molecule has 0 spiro atoms. The van der Waals surface area contributed by atoms with E-state index < -0.39 is 10.9 Å². The Kier molecular flexibility index (Phi) is 8.93. The Morgan fingerprint density at radius 3 is 2.39 bits per heavy atom. The van der Waals surface area contributed by atoms with Crippen LogP contribution in [0.4, 0.5) is 11.5 Å². The summed E-state index contributed by atoms with van der Waals surface area (Å²) in [5, 5.41) is 12.0. The standard InChI is InChI=1S/C27H28BrN3O5/c1-5-6-11-23(32)30(26-25(31(34)35)17(2)24(28)18(3)29-26)16-19-12-14-20(15-13-19)21-9-7-8-10-22(21)27(33)36-4/h7-10,12-15H,5-6,11,16H2,1-4H3. The molecule has 0 saturated carbocycles. The smallest absolute Gasteiger partial charge is 0.338 e. The zero-order valence-corrected chi connectivity index (χ0v) is 22.3. The first-order chi connectivity index (χ1) is 17.2. The molecule has 0 aliphatic carbocycles. The quantitative estimate of drug-likeness (QED) is 0.169. The third-order valence-corrected chi connectivity index (χ3v) is 7.08. The molecular formula is C27H28BrN3O5. The van der Waals surface area contributed by atoms with Crippen LogP contribution in [0, 0.1) is 24.0 Å². The number of hydrogen-bond donors (Lipinski definition) is 0. The van der Waals surface area contributed by atoms with Gasteiger partial charge in [0.15, 0.2) is 0 Å². The Balaban J connectivity index is 2.03. The highest BCUT2D eigenvalue weighted by atomic mass is 79.9. The molecule has 8 nitrogen and oxygen atoms in total. The summed E-state index contributed by atoms with van der Waals surface area (Å²) >= 11 is 3.38. The van der Waals surface area contributed by atoms with Crippen molar-refractivity contribution >= 4 is 39.3 Å². The number of benzene rings is 2. The molecule has 9 heteroatoms. The van der Waals surface area contributed by atoms with Gasteiger partial charge in [-0.15, -0.1) is 0 Å². The van der Waals surface area contributed by atoms with Gasteiger partial charge in [0.05, 0.1) is 29.8 Å². The molecule has 0 unspecified atom stereocenters. The molecule has 1 heterocycles.